The highest BCUT2D eigenvalue weighted by atomic mass is 32.1. The Hall–Kier alpha value is -4.63. The number of carbonyl (C=O) groups is 2. The van der Waals surface area contributed by atoms with Crippen molar-refractivity contribution in [1.29, 1.82) is 0 Å². The molecule has 10 aliphatic rings. The van der Waals surface area contributed by atoms with E-state index in [-0.39, 0.29) is 40.8 Å². The fourth-order valence-electron chi connectivity index (χ4n) is 14.4. The van der Waals surface area contributed by atoms with Crippen LogP contribution in [-0.4, -0.2) is 162 Å². The van der Waals surface area contributed by atoms with Crippen molar-refractivity contribution in [2.24, 2.45) is 5.73 Å². The molecule has 14 rings (SSSR count). The second-order valence-electron chi connectivity index (χ2n) is 22.0. The highest BCUT2D eigenvalue weighted by molar-refractivity contribution is 7.80. The van der Waals surface area contributed by atoms with Crippen molar-refractivity contribution in [1.82, 2.24) is 0 Å². The second-order valence-corrected chi connectivity index (χ2v) is 22.4. The lowest BCUT2D eigenvalue weighted by Gasteiger charge is -2.50. The average molecular weight is 1160 g/mol. The molecule has 0 aromatic heterocycles. The van der Waals surface area contributed by atoms with Gasteiger partial charge in [0.25, 0.3) is 23.1 Å². The third-order valence-corrected chi connectivity index (χ3v) is 17.8. The first-order valence-electron chi connectivity index (χ1n) is 28.9. The van der Waals surface area contributed by atoms with Crippen LogP contribution in [0.1, 0.15) is 132 Å². The van der Waals surface area contributed by atoms with Crippen molar-refractivity contribution in [3.8, 4) is 34.5 Å². The molecule has 4 N–H and O–H groups in total. The lowest BCUT2D eigenvalue weighted by molar-refractivity contribution is -0.378. The van der Waals surface area contributed by atoms with Crippen molar-refractivity contribution in [2.45, 2.75) is 164 Å². The summed E-state index contributed by atoms with van der Waals surface area (Å²) >= 11 is 4.35. The van der Waals surface area contributed by atoms with E-state index in [0.29, 0.717) is 152 Å². The number of ketones is 2. The maximum atomic E-state index is 13.1. The van der Waals surface area contributed by atoms with E-state index in [1.165, 1.54) is 7.11 Å². The molecule has 22 heteroatoms. The molecule has 8 aliphatic heterocycles. The highest BCUT2D eigenvalue weighted by Crippen LogP contribution is 2.67. The number of aromatic hydroxyl groups is 2. The molecule has 4 bridgehead atoms. The summed E-state index contributed by atoms with van der Waals surface area (Å²) in [5, 5.41) is 25.5. The Bertz CT molecular complexity index is 2960. The number of hydrogen-bond donors (Lipinski definition) is 4. The number of thiol groups is 1. The number of carbonyl (C=O) groups excluding carboxylic acids is 2. The zero-order valence-electron chi connectivity index (χ0n) is 47.8. The monoisotopic (exact) mass is 1160 g/mol. The summed E-state index contributed by atoms with van der Waals surface area (Å²) in [7, 11) is 6.24. The molecular formula is C60H75NO20S. The number of methoxy groups -OCH3 is 4. The number of phenolic OH excluding ortho intramolecular Hbond substituents is 2. The minimum Gasteiger partial charge on any atom is -0.506 e. The van der Waals surface area contributed by atoms with Crippen LogP contribution >= 0.6 is 12.6 Å². The summed E-state index contributed by atoms with van der Waals surface area (Å²) in [5.41, 5.74) is 10.9. The molecule has 0 amide bonds. The van der Waals surface area contributed by atoms with Crippen LogP contribution in [0.3, 0.4) is 0 Å². The lowest BCUT2D eigenvalue weighted by atomic mass is 9.81. The predicted molar refractivity (Wildman–Crippen MR) is 296 cm³/mol. The fraction of sp³-hybridized carbons (Fsp3) is 0.633. The molecule has 6 fully saturated rings. The van der Waals surface area contributed by atoms with E-state index in [4.69, 9.17) is 81.5 Å². The number of fused-ring (bicyclic) bond motifs is 12. The summed E-state index contributed by atoms with van der Waals surface area (Å²) in [6, 6.07) is 3.90. The first kappa shape index (κ1) is 57.8. The molecule has 6 unspecified atom stereocenters. The highest BCUT2D eigenvalue weighted by Gasteiger charge is 2.83. The minimum atomic E-state index is -1.47. The minimum absolute atomic E-state index is 0.117. The Labute approximate surface area is 481 Å². The van der Waals surface area contributed by atoms with E-state index in [9.17, 15) is 19.8 Å². The molecular weight excluding hydrogens is 1090 g/mol. The van der Waals surface area contributed by atoms with Gasteiger partial charge in [-0.1, -0.05) is 13.8 Å². The smallest absolute Gasteiger partial charge is 0.272 e. The number of benzene rings is 4. The van der Waals surface area contributed by atoms with Crippen LogP contribution in [0.5, 0.6) is 34.5 Å². The SMILES string of the molecule is CC.COc1c2c(c(O)c3c4c(c(C)cc13)[C@@H]1OC3(C5OCCCO5)OC1[C@@](OCCCN)(O4)C3OC)C(=O)CCC2.COc1c2c(c(O)c3c4c(c(C)cc13)[C@@H]1OC3(C5OCCCO5)OC1[C@@](OCCCS)(O4)C3OC)C(=O)CCC2. The van der Waals surface area contributed by atoms with Crippen molar-refractivity contribution >= 4 is 45.7 Å². The number of hydrogen-bond acceptors (Lipinski definition) is 22. The summed E-state index contributed by atoms with van der Waals surface area (Å²) in [4.78, 5) is 26.2. The number of Topliss-reactive ketones (excluding diaryl/α,β-unsaturated/α-hetero) is 2. The van der Waals surface area contributed by atoms with E-state index in [2.05, 4.69) is 12.6 Å². The van der Waals surface area contributed by atoms with Gasteiger partial charge in [-0.15, -0.1) is 0 Å². The van der Waals surface area contributed by atoms with E-state index in [1.54, 1.807) is 21.3 Å². The molecule has 6 saturated heterocycles. The number of ether oxygens (including phenoxy) is 16. The van der Waals surface area contributed by atoms with Crippen LogP contribution < -0.4 is 24.7 Å². The molecule has 4 aromatic rings. The maximum absolute atomic E-state index is 13.1. The number of aryl methyl sites for hydroxylation is 2. The van der Waals surface area contributed by atoms with Gasteiger partial charge in [-0.3, -0.25) is 9.59 Å². The van der Waals surface area contributed by atoms with Crippen LogP contribution in [0.2, 0.25) is 0 Å². The first-order chi connectivity index (χ1) is 39.8. The lowest BCUT2D eigenvalue weighted by Crippen LogP contribution is -2.68. The normalized spacial score (nSPS) is 32.0. The maximum Gasteiger partial charge on any atom is 0.272 e. The van der Waals surface area contributed by atoms with Gasteiger partial charge in [-0.2, -0.15) is 12.6 Å². The predicted octanol–water partition coefficient (Wildman–Crippen LogP) is 7.56. The van der Waals surface area contributed by atoms with Gasteiger partial charge in [0.2, 0.25) is 12.6 Å². The molecule has 0 radical (unpaired) electrons. The fourth-order valence-corrected chi connectivity index (χ4v) is 14.5. The average Bonchev–Trinajstić information content (AvgIpc) is 1.50. The van der Waals surface area contributed by atoms with Crippen LogP contribution in [0, 0.1) is 13.8 Å². The molecule has 4 aromatic carbocycles. The molecule has 0 spiro atoms. The van der Waals surface area contributed by atoms with Crippen molar-refractivity contribution < 1.29 is 95.6 Å². The topological polar surface area (TPSA) is 248 Å². The van der Waals surface area contributed by atoms with Crippen molar-refractivity contribution in [2.75, 3.05) is 80.4 Å². The standard InChI is InChI=1S/C29H35NO10.C29H34O10S.C2H6/c1-14-13-16-20(21(32)19-15(22(16)33-2)7-4-8-17(19)31)23-18(14)24-25-28(38-23,37-12-5-9-30)26(34-3)29(39-24,40-25)27-35-10-6-11-36-27;1-14-13-16-20(21(31)19-15(22(16)32-2)7-4-8-17(19)30)23-18(14)24-25-28(37-23,36-11-6-12-40)26(33-3)29(38-24,39-25)27-34-9-5-10-35-27;1-2/h13,24-27,32H,4-12,30H2,1-3H3;13,24-27,31,40H,4-12H2,1-3H3;1-2H3/t2*24-,25?,26?,28+,29?;/m00./s1. The first-order valence-corrected chi connectivity index (χ1v) is 29.5. The Morgan fingerprint density at radius 3 is 1.40 bits per heavy atom. The number of rotatable bonds is 14. The van der Waals surface area contributed by atoms with E-state index in [0.717, 1.165) is 35.1 Å². The zero-order chi connectivity index (χ0) is 57.6. The zero-order valence-corrected chi connectivity index (χ0v) is 48.7. The van der Waals surface area contributed by atoms with E-state index >= 15 is 0 Å². The summed E-state index contributed by atoms with van der Waals surface area (Å²) in [6.07, 6.45) is -0.0958. The quantitative estimate of drug-likeness (QED) is 0.0702. The van der Waals surface area contributed by atoms with Gasteiger partial charge < -0.3 is 91.7 Å². The van der Waals surface area contributed by atoms with Gasteiger partial charge in [-0.25, -0.2) is 0 Å². The molecule has 446 valence electrons. The van der Waals surface area contributed by atoms with E-state index < -0.39 is 72.4 Å². The molecule has 2 aliphatic carbocycles. The summed E-state index contributed by atoms with van der Waals surface area (Å²) in [6.45, 7) is 10.9. The van der Waals surface area contributed by atoms with Crippen LogP contribution in [0.4, 0.5) is 0 Å². The third kappa shape index (κ3) is 8.21. The Morgan fingerprint density at radius 1 is 0.610 bits per heavy atom. The molecule has 21 nitrogen and oxygen atoms in total. The van der Waals surface area contributed by atoms with Crippen molar-refractivity contribution in [3.05, 3.63) is 56.6 Å². The molecule has 0 saturated carbocycles. The molecule has 8 heterocycles. The van der Waals surface area contributed by atoms with Gasteiger partial charge >= 0.3 is 0 Å². The summed E-state index contributed by atoms with van der Waals surface area (Å²) in [5.74, 6) is -3.82. The van der Waals surface area contributed by atoms with Crippen LogP contribution in [-0.2, 0) is 69.7 Å². The number of phenols is 2. The van der Waals surface area contributed by atoms with Gasteiger partial charge in [0, 0.05) is 60.1 Å². The Balaban J connectivity index is 0.000000158. The van der Waals surface area contributed by atoms with E-state index in [1.807, 2.05) is 39.8 Å². The molecule has 82 heavy (non-hydrogen) atoms. The van der Waals surface area contributed by atoms with Crippen molar-refractivity contribution in [3.63, 3.8) is 0 Å². The second kappa shape index (κ2) is 22.3. The Morgan fingerprint density at radius 2 is 1.02 bits per heavy atom. The largest absolute Gasteiger partial charge is 0.506 e. The Kier molecular flexibility index (Phi) is 15.7. The van der Waals surface area contributed by atoms with Gasteiger partial charge in [0.05, 0.1) is 75.8 Å². The van der Waals surface area contributed by atoms with Crippen LogP contribution in [0.25, 0.3) is 21.5 Å². The third-order valence-electron chi connectivity index (χ3n) is 17.5. The van der Waals surface area contributed by atoms with Gasteiger partial charge in [0.15, 0.2) is 36.0 Å². The summed E-state index contributed by atoms with van der Waals surface area (Å²) < 4.78 is 101. The van der Waals surface area contributed by atoms with Gasteiger partial charge in [-0.05, 0) is 101 Å². The van der Waals surface area contributed by atoms with Crippen LogP contribution in [0.15, 0.2) is 12.1 Å². The molecule has 10 atom stereocenters. The van der Waals surface area contributed by atoms with Gasteiger partial charge in [0.1, 0.15) is 46.7 Å². The number of nitrogens with two attached hydrogens (primary N) is 1.